The Bertz CT molecular complexity index is 441. The van der Waals surface area contributed by atoms with Crippen molar-refractivity contribution < 1.29 is 0 Å². The van der Waals surface area contributed by atoms with Crippen LogP contribution in [0.5, 0.6) is 0 Å². The van der Waals surface area contributed by atoms with E-state index in [1.807, 2.05) is 18.3 Å². The molecule has 2 heterocycles. The van der Waals surface area contributed by atoms with Crippen LogP contribution in [0.2, 0.25) is 0 Å². The van der Waals surface area contributed by atoms with E-state index in [4.69, 9.17) is 5.73 Å². The van der Waals surface area contributed by atoms with E-state index in [-0.39, 0.29) is 6.04 Å². The fraction of sp³-hybridized carbons (Fsp3) is 0.357. The number of nitrogens with zero attached hydrogens (tertiary/aromatic N) is 2. The van der Waals surface area contributed by atoms with Gasteiger partial charge in [-0.05, 0) is 30.1 Å². The molecule has 4 heteroatoms. The van der Waals surface area contributed by atoms with Gasteiger partial charge >= 0.3 is 0 Å². The average molecular weight is 261 g/mol. The Balaban J connectivity index is 1.93. The molecular formula is C14H19N3S. The molecule has 0 radical (unpaired) electrons. The Kier molecular flexibility index (Phi) is 4.87. The van der Waals surface area contributed by atoms with Crippen LogP contribution in [0, 0.1) is 0 Å². The fourth-order valence-electron chi connectivity index (χ4n) is 1.90. The molecule has 0 amide bonds. The van der Waals surface area contributed by atoms with Crippen molar-refractivity contribution in [1.82, 2.24) is 9.88 Å². The largest absolute Gasteiger partial charge is 0.322 e. The number of pyridine rings is 1. The number of aromatic nitrogens is 1. The summed E-state index contributed by atoms with van der Waals surface area (Å²) in [5, 5.41) is 2.07. The van der Waals surface area contributed by atoms with Gasteiger partial charge in [-0.2, -0.15) is 0 Å². The van der Waals surface area contributed by atoms with Crippen LogP contribution in [-0.4, -0.2) is 23.0 Å². The lowest BCUT2D eigenvalue weighted by Crippen LogP contribution is -2.31. The van der Waals surface area contributed by atoms with Gasteiger partial charge in [0.15, 0.2) is 0 Å². The van der Waals surface area contributed by atoms with Crippen molar-refractivity contribution in [1.29, 1.82) is 0 Å². The zero-order valence-corrected chi connectivity index (χ0v) is 11.4. The zero-order chi connectivity index (χ0) is 12.8. The standard InChI is InChI=1S/C14H19N3S/c1-2-17(10-12-6-3-4-8-16-12)11-13(15)14-7-5-9-18-14/h3-9,13H,2,10-11,15H2,1H3. The first-order valence-electron chi connectivity index (χ1n) is 6.21. The van der Waals surface area contributed by atoms with Crippen LogP contribution >= 0.6 is 11.3 Å². The second-order valence-electron chi connectivity index (χ2n) is 4.27. The Hall–Kier alpha value is -1.23. The molecule has 0 fully saturated rings. The summed E-state index contributed by atoms with van der Waals surface area (Å²) in [4.78, 5) is 7.93. The van der Waals surface area contributed by atoms with Crippen molar-refractivity contribution >= 4 is 11.3 Å². The minimum Gasteiger partial charge on any atom is -0.322 e. The van der Waals surface area contributed by atoms with E-state index >= 15 is 0 Å². The van der Waals surface area contributed by atoms with Gasteiger partial charge in [-0.25, -0.2) is 0 Å². The SMILES string of the molecule is CCN(Cc1ccccn1)CC(N)c1cccs1. The van der Waals surface area contributed by atoms with Crippen molar-refractivity contribution in [3.8, 4) is 0 Å². The molecule has 2 rings (SSSR count). The number of hydrogen-bond acceptors (Lipinski definition) is 4. The second kappa shape index (κ2) is 6.64. The summed E-state index contributed by atoms with van der Waals surface area (Å²) in [5.41, 5.74) is 7.31. The van der Waals surface area contributed by atoms with Crippen LogP contribution in [0.3, 0.4) is 0 Å². The lowest BCUT2D eigenvalue weighted by molar-refractivity contribution is 0.260. The zero-order valence-electron chi connectivity index (χ0n) is 10.6. The third-order valence-corrected chi connectivity index (χ3v) is 3.93. The lowest BCUT2D eigenvalue weighted by Gasteiger charge is -2.23. The molecule has 3 nitrogen and oxygen atoms in total. The molecule has 0 aliphatic carbocycles. The number of likely N-dealkylation sites (N-methyl/N-ethyl adjacent to an activating group) is 1. The van der Waals surface area contributed by atoms with Crippen molar-refractivity contribution in [3.05, 3.63) is 52.5 Å². The number of nitrogens with two attached hydrogens (primary N) is 1. The third-order valence-electron chi connectivity index (χ3n) is 2.92. The van der Waals surface area contributed by atoms with E-state index < -0.39 is 0 Å². The third kappa shape index (κ3) is 3.63. The van der Waals surface area contributed by atoms with Gasteiger partial charge in [0.05, 0.1) is 11.7 Å². The molecule has 1 atom stereocenters. The van der Waals surface area contributed by atoms with Crippen molar-refractivity contribution in [2.75, 3.05) is 13.1 Å². The lowest BCUT2D eigenvalue weighted by atomic mass is 10.2. The maximum absolute atomic E-state index is 6.22. The highest BCUT2D eigenvalue weighted by Gasteiger charge is 2.12. The highest BCUT2D eigenvalue weighted by atomic mass is 32.1. The molecule has 96 valence electrons. The molecule has 0 bridgehead atoms. The first-order chi connectivity index (χ1) is 8.79. The molecule has 0 saturated carbocycles. The predicted molar refractivity (Wildman–Crippen MR) is 76.4 cm³/mol. The highest BCUT2D eigenvalue weighted by Crippen LogP contribution is 2.18. The van der Waals surface area contributed by atoms with E-state index in [0.717, 1.165) is 25.3 Å². The molecule has 0 spiro atoms. The van der Waals surface area contributed by atoms with Gasteiger partial charge in [0.1, 0.15) is 0 Å². The van der Waals surface area contributed by atoms with Crippen molar-refractivity contribution in [2.45, 2.75) is 19.5 Å². The molecule has 18 heavy (non-hydrogen) atoms. The van der Waals surface area contributed by atoms with E-state index in [2.05, 4.69) is 40.4 Å². The minimum absolute atomic E-state index is 0.0914. The predicted octanol–water partition coefficient (Wildman–Crippen LogP) is 2.67. The van der Waals surface area contributed by atoms with Gasteiger partial charge in [-0.15, -0.1) is 11.3 Å². The Morgan fingerprint density at radius 1 is 1.33 bits per heavy atom. The van der Waals surface area contributed by atoms with Crippen LogP contribution in [0.15, 0.2) is 41.9 Å². The smallest absolute Gasteiger partial charge is 0.0543 e. The highest BCUT2D eigenvalue weighted by molar-refractivity contribution is 7.10. The van der Waals surface area contributed by atoms with Gasteiger partial charge < -0.3 is 5.73 Å². The van der Waals surface area contributed by atoms with Gasteiger partial charge in [0.25, 0.3) is 0 Å². The molecule has 0 aliphatic heterocycles. The quantitative estimate of drug-likeness (QED) is 0.869. The Morgan fingerprint density at radius 2 is 2.22 bits per heavy atom. The fourth-order valence-corrected chi connectivity index (χ4v) is 2.62. The maximum atomic E-state index is 6.22. The number of hydrogen-bond donors (Lipinski definition) is 1. The summed E-state index contributed by atoms with van der Waals surface area (Å²) >= 11 is 1.72. The molecule has 2 N–H and O–H groups in total. The first-order valence-corrected chi connectivity index (χ1v) is 7.08. The maximum Gasteiger partial charge on any atom is 0.0543 e. The van der Waals surface area contributed by atoms with E-state index in [9.17, 15) is 0 Å². The monoisotopic (exact) mass is 261 g/mol. The Labute approximate surface area is 112 Å². The van der Waals surface area contributed by atoms with E-state index in [0.29, 0.717) is 0 Å². The summed E-state index contributed by atoms with van der Waals surface area (Å²) in [7, 11) is 0. The molecule has 1 unspecified atom stereocenters. The van der Waals surface area contributed by atoms with Crippen LogP contribution in [0.1, 0.15) is 23.5 Å². The second-order valence-corrected chi connectivity index (χ2v) is 5.25. The number of rotatable bonds is 6. The summed E-state index contributed by atoms with van der Waals surface area (Å²) in [6, 6.07) is 10.3. The molecule has 0 aliphatic rings. The van der Waals surface area contributed by atoms with E-state index in [1.165, 1.54) is 4.88 Å². The van der Waals surface area contributed by atoms with Gasteiger partial charge in [0.2, 0.25) is 0 Å². The molecule has 2 aromatic heterocycles. The Morgan fingerprint density at radius 3 is 2.83 bits per heavy atom. The summed E-state index contributed by atoms with van der Waals surface area (Å²) < 4.78 is 0. The first kappa shape index (κ1) is 13.2. The summed E-state index contributed by atoms with van der Waals surface area (Å²) in [6.45, 7) is 4.86. The van der Waals surface area contributed by atoms with Crippen molar-refractivity contribution in [2.24, 2.45) is 5.73 Å². The van der Waals surface area contributed by atoms with Gasteiger partial charge in [0, 0.05) is 24.2 Å². The van der Waals surface area contributed by atoms with Crippen molar-refractivity contribution in [3.63, 3.8) is 0 Å². The summed E-state index contributed by atoms with van der Waals surface area (Å²) in [6.07, 6.45) is 1.84. The van der Waals surface area contributed by atoms with Crippen LogP contribution in [-0.2, 0) is 6.54 Å². The number of thiophene rings is 1. The molecule has 2 aromatic rings. The molecule has 0 saturated heterocycles. The van der Waals surface area contributed by atoms with Gasteiger partial charge in [-0.3, -0.25) is 9.88 Å². The molecule has 0 aromatic carbocycles. The van der Waals surface area contributed by atoms with Crippen LogP contribution in [0.4, 0.5) is 0 Å². The normalized spacial score (nSPS) is 12.8. The average Bonchev–Trinajstić information content (AvgIpc) is 2.93. The molecular weight excluding hydrogens is 242 g/mol. The topological polar surface area (TPSA) is 42.2 Å². The van der Waals surface area contributed by atoms with E-state index in [1.54, 1.807) is 11.3 Å². The van der Waals surface area contributed by atoms with Gasteiger partial charge in [-0.1, -0.05) is 19.1 Å². The minimum atomic E-state index is 0.0914. The van der Waals surface area contributed by atoms with Crippen LogP contribution < -0.4 is 5.73 Å². The summed E-state index contributed by atoms with van der Waals surface area (Å²) in [5.74, 6) is 0. The van der Waals surface area contributed by atoms with Crippen LogP contribution in [0.25, 0.3) is 0 Å².